The highest BCUT2D eigenvalue weighted by Crippen LogP contribution is 2.46. The van der Waals surface area contributed by atoms with Crippen LogP contribution in [-0.2, 0) is 9.53 Å². The summed E-state index contributed by atoms with van der Waals surface area (Å²) in [6.07, 6.45) is 7.98. The van der Waals surface area contributed by atoms with Crippen molar-refractivity contribution < 1.29 is 14.3 Å². The highest BCUT2D eigenvalue weighted by atomic mass is 16.5. The van der Waals surface area contributed by atoms with E-state index in [-0.39, 0.29) is 11.9 Å². The van der Waals surface area contributed by atoms with E-state index in [1.165, 1.54) is 0 Å². The van der Waals surface area contributed by atoms with Crippen LogP contribution in [0.3, 0.4) is 0 Å². The largest absolute Gasteiger partial charge is 0.497 e. The second kappa shape index (κ2) is 5.34. The van der Waals surface area contributed by atoms with E-state index in [4.69, 9.17) is 9.47 Å². The van der Waals surface area contributed by atoms with Crippen LogP contribution in [0.2, 0.25) is 0 Å². The molecule has 0 N–H and O–H groups in total. The summed E-state index contributed by atoms with van der Waals surface area (Å²) in [6.45, 7) is 1.84. The van der Waals surface area contributed by atoms with Crippen molar-refractivity contribution in [3.8, 4) is 5.75 Å². The minimum atomic E-state index is -0.811. The summed E-state index contributed by atoms with van der Waals surface area (Å²) in [6, 6.07) is 7.38. The van der Waals surface area contributed by atoms with Gasteiger partial charge >= 0.3 is 0 Å². The second-order valence-corrected chi connectivity index (χ2v) is 5.31. The predicted octanol–water partition coefficient (Wildman–Crippen LogP) is 2.22. The Balaban J connectivity index is 1.90. The monoisotopic (exact) mass is 284 g/mol. The smallest absolute Gasteiger partial charge is 0.261 e. The van der Waals surface area contributed by atoms with Gasteiger partial charge in [0.2, 0.25) is 0 Å². The summed E-state index contributed by atoms with van der Waals surface area (Å²) in [7, 11) is 3.21. The molecule has 4 heteroatoms. The van der Waals surface area contributed by atoms with Crippen molar-refractivity contribution in [3.05, 3.63) is 55.9 Å². The topological polar surface area (TPSA) is 38.8 Å². The number of benzene rings is 1. The second-order valence-electron chi connectivity index (χ2n) is 5.31. The quantitative estimate of drug-likeness (QED) is 0.796. The molecule has 1 saturated carbocycles. The average Bonchev–Trinajstić information content (AvgIpc) is 3.04. The third-order valence-corrected chi connectivity index (χ3v) is 4.20. The van der Waals surface area contributed by atoms with Crippen LogP contribution >= 0.6 is 0 Å². The third kappa shape index (κ3) is 2.13. The fraction of sp³-hybridized carbons (Fsp3) is 0.294. The highest BCUT2D eigenvalue weighted by Gasteiger charge is 2.61. The molecule has 2 atom stereocenters. The molecule has 21 heavy (non-hydrogen) atoms. The normalized spacial score (nSPS) is 29.6. The van der Waals surface area contributed by atoms with Gasteiger partial charge in [0.05, 0.1) is 13.2 Å². The molecule has 0 spiro atoms. The van der Waals surface area contributed by atoms with Gasteiger partial charge < -0.3 is 14.4 Å². The minimum absolute atomic E-state index is 0.0265. The van der Waals surface area contributed by atoms with E-state index in [0.29, 0.717) is 0 Å². The first kappa shape index (κ1) is 14.4. The molecule has 1 aromatic carbocycles. The van der Waals surface area contributed by atoms with E-state index in [0.717, 1.165) is 17.4 Å². The van der Waals surface area contributed by atoms with Gasteiger partial charge in [-0.2, -0.15) is 0 Å². The van der Waals surface area contributed by atoms with Crippen LogP contribution in [0.5, 0.6) is 5.75 Å². The fourth-order valence-corrected chi connectivity index (χ4v) is 2.90. The summed E-state index contributed by atoms with van der Waals surface area (Å²) < 4.78 is 10.7. The van der Waals surface area contributed by atoms with Crippen LogP contribution in [0.15, 0.2) is 24.3 Å². The number of carbonyl (C=O) groups is 1. The number of β-lactam (4-membered cyclic amide) rings is 1. The van der Waals surface area contributed by atoms with Gasteiger partial charge in [-0.3, -0.25) is 4.79 Å². The van der Waals surface area contributed by atoms with Gasteiger partial charge in [0.15, 0.2) is 5.60 Å². The average molecular weight is 284 g/mol. The molecular formula is C17H18NO3. The van der Waals surface area contributed by atoms with Crippen LogP contribution in [0.1, 0.15) is 6.92 Å². The van der Waals surface area contributed by atoms with E-state index in [1.54, 1.807) is 19.1 Å². The van der Waals surface area contributed by atoms with E-state index in [9.17, 15) is 4.79 Å². The van der Waals surface area contributed by atoms with Crippen LogP contribution in [0.4, 0.5) is 5.69 Å². The van der Waals surface area contributed by atoms with Crippen LogP contribution in [0, 0.1) is 31.6 Å². The molecule has 3 rings (SSSR count). The lowest BCUT2D eigenvalue weighted by Crippen LogP contribution is -2.75. The highest BCUT2D eigenvalue weighted by molar-refractivity contribution is 6.09. The fourth-order valence-electron chi connectivity index (χ4n) is 2.90. The summed E-state index contributed by atoms with van der Waals surface area (Å²) >= 11 is 0. The van der Waals surface area contributed by atoms with Gasteiger partial charge in [0, 0.05) is 18.7 Å². The first-order valence-electron chi connectivity index (χ1n) is 6.86. The maximum absolute atomic E-state index is 12.5. The van der Waals surface area contributed by atoms with E-state index >= 15 is 0 Å². The maximum atomic E-state index is 12.5. The van der Waals surface area contributed by atoms with Crippen LogP contribution in [0.25, 0.3) is 0 Å². The molecule has 1 aliphatic carbocycles. The Morgan fingerprint density at radius 3 is 2.24 bits per heavy atom. The lowest BCUT2D eigenvalue weighted by Gasteiger charge is -2.55. The maximum Gasteiger partial charge on any atom is 0.261 e. The Morgan fingerprint density at radius 2 is 1.71 bits per heavy atom. The van der Waals surface area contributed by atoms with Crippen molar-refractivity contribution in [2.45, 2.75) is 18.6 Å². The number of ether oxygens (including phenoxy) is 2. The third-order valence-electron chi connectivity index (χ3n) is 4.20. The van der Waals surface area contributed by atoms with E-state index in [2.05, 4.69) is 0 Å². The lowest BCUT2D eigenvalue weighted by atomic mass is 9.74. The molecular weight excluding hydrogens is 266 g/mol. The summed E-state index contributed by atoms with van der Waals surface area (Å²) in [5.74, 6) is 1.82. The molecule has 0 unspecified atom stereocenters. The van der Waals surface area contributed by atoms with Crippen LogP contribution < -0.4 is 9.64 Å². The van der Waals surface area contributed by atoms with Crippen molar-refractivity contribution in [1.82, 2.24) is 0 Å². The number of hydrogen-bond donors (Lipinski definition) is 0. The van der Waals surface area contributed by atoms with Crippen molar-refractivity contribution >= 4 is 11.6 Å². The van der Waals surface area contributed by atoms with Crippen molar-refractivity contribution in [2.75, 3.05) is 19.1 Å². The predicted molar refractivity (Wildman–Crippen MR) is 80.1 cm³/mol. The number of nitrogens with zero attached hydrogens (tertiary/aromatic N) is 1. The number of carbonyl (C=O) groups excluding carboxylic acids is 1. The molecule has 0 bridgehead atoms. The summed E-state index contributed by atoms with van der Waals surface area (Å²) in [4.78, 5) is 14.3. The molecule has 5 radical (unpaired) electrons. The molecule has 1 aromatic rings. The molecule has 109 valence electrons. The Kier molecular flexibility index (Phi) is 3.66. The summed E-state index contributed by atoms with van der Waals surface area (Å²) in [5.41, 5.74) is 0.0374. The molecule has 1 aliphatic heterocycles. The number of methoxy groups -OCH3 is 2. The zero-order valence-corrected chi connectivity index (χ0v) is 12.4. The van der Waals surface area contributed by atoms with E-state index < -0.39 is 5.60 Å². The molecule has 1 amide bonds. The Hall–Kier alpha value is -1.55. The van der Waals surface area contributed by atoms with Gasteiger partial charge in [-0.1, -0.05) is 0 Å². The zero-order chi connectivity index (χ0) is 15.0. The van der Waals surface area contributed by atoms with Gasteiger partial charge in [-0.05, 0) is 56.9 Å². The Morgan fingerprint density at radius 1 is 1.10 bits per heavy atom. The Bertz CT molecular complexity index is 521. The SMILES string of the molecule is COc1ccc(N2C(=O)[C@](C)(OC)[C@@H]2[C]2[CH][CH][CH][CH]2)cc1. The molecule has 1 saturated heterocycles. The van der Waals surface area contributed by atoms with Gasteiger partial charge in [0.1, 0.15) is 5.75 Å². The summed E-state index contributed by atoms with van der Waals surface area (Å²) in [5, 5.41) is 0. The number of hydrogen-bond acceptors (Lipinski definition) is 3. The molecule has 4 nitrogen and oxygen atoms in total. The van der Waals surface area contributed by atoms with Crippen molar-refractivity contribution in [3.63, 3.8) is 0 Å². The van der Waals surface area contributed by atoms with Gasteiger partial charge in [0.25, 0.3) is 5.91 Å². The Labute approximate surface area is 126 Å². The molecule has 1 heterocycles. The first-order valence-corrected chi connectivity index (χ1v) is 6.86. The van der Waals surface area contributed by atoms with Crippen LogP contribution in [-0.4, -0.2) is 31.8 Å². The van der Waals surface area contributed by atoms with Crippen molar-refractivity contribution in [1.29, 1.82) is 0 Å². The molecule has 0 aromatic heterocycles. The minimum Gasteiger partial charge on any atom is -0.497 e. The zero-order valence-electron chi connectivity index (χ0n) is 12.4. The molecule has 2 fully saturated rings. The lowest BCUT2D eigenvalue weighted by molar-refractivity contribution is -0.154. The van der Waals surface area contributed by atoms with Gasteiger partial charge in [-0.15, -0.1) is 0 Å². The number of rotatable bonds is 4. The van der Waals surface area contributed by atoms with Crippen molar-refractivity contribution in [2.24, 2.45) is 0 Å². The van der Waals surface area contributed by atoms with E-state index in [1.807, 2.05) is 56.9 Å². The standard InChI is InChI=1S/C17H18NO3/c1-17(21-3)15(12-6-4-5-7-12)18(16(17)19)13-8-10-14(20-2)11-9-13/h4-11,15H,1-3H3/t15-,17+/m0/s1. The number of anilines is 1. The first-order chi connectivity index (χ1) is 10.1. The number of amides is 1. The molecule has 2 aliphatic rings. The van der Waals surface area contributed by atoms with Gasteiger partial charge in [-0.25, -0.2) is 0 Å².